The third-order valence-electron chi connectivity index (χ3n) is 5.40. The molecule has 0 heterocycles. The van der Waals surface area contributed by atoms with Crippen LogP contribution >= 0.6 is 0 Å². The monoisotopic (exact) mass is 446 g/mol. The first kappa shape index (κ1) is 30.1. The highest BCUT2D eigenvalue weighted by atomic mass is 16.5. The van der Waals surface area contributed by atoms with Crippen LogP contribution < -0.4 is 0 Å². The molecule has 0 saturated carbocycles. The van der Waals surface area contributed by atoms with Crippen molar-refractivity contribution < 1.29 is 19.7 Å². The Kier molecular flexibility index (Phi) is 15.7. The Bertz CT molecular complexity index is 688. The molecule has 0 saturated heterocycles. The number of carboxylic acids is 1. The van der Waals surface area contributed by atoms with Crippen molar-refractivity contribution >= 4 is 5.97 Å². The van der Waals surface area contributed by atoms with Gasteiger partial charge in [0.15, 0.2) is 6.10 Å². The van der Waals surface area contributed by atoms with Gasteiger partial charge in [-0.15, -0.1) is 0 Å². The number of hydrogen-bond acceptors (Lipinski definition) is 3. The maximum absolute atomic E-state index is 10.8. The van der Waals surface area contributed by atoms with E-state index in [9.17, 15) is 4.79 Å². The fraction of sp³-hybridized carbons (Fsp3) is 0.607. The van der Waals surface area contributed by atoms with Crippen LogP contribution in [0, 0.1) is 5.41 Å². The molecule has 0 radical (unpaired) electrons. The maximum Gasteiger partial charge on any atom is 0.335 e. The number of aliphatic hydroxyl groups is 1. The summed E-state index contributed by atoms with van der Waals surface area (Å²) in [7, 11) is 0. The molecule has 4 heteroatoms. The van der Waals surface area contributed by atoms with E-state index in [1.54, 1.807) is 0 Å². The average Bonchev–Trinajstić information content (AvgIpc) is 2.71. The highest BCUT2D eigenvalue weighted by Crippen LogP contribution is 2.27. The minimum atomic E-state index is -1.16. The Balaban J connectivity index is 4.26. The Morgan fingerprint density at radius 2 is 1.62 bits per heavy atom. The zero-order valence-electron chi connectivity index (χ0n) is 21.2. The van der Waals surface area contributed by atoms with E-state index in [-0.39, 0.29) is 12.0 Å². The number of allylic oxidation sites excluding steroid dienone is 8. The quantitative estimate of drug-likeness (QED) is 0.232. The number of hydrogen-bond donors (Lipinski definition) is 2. The van der Waals surface area contributed by atoms with Crippen LogP contribution in [0.2, 0.25) is 0 Å². The van der Waals surface area contributed by atoms with Crippen LogP contribution in [0.5, 0.6) is 0 Å². The molecule has 0 amide bonds. The highest BCUT2D eigenvalue weighted by molar-refractivity contribution is 5.72. The van der Waals surface area contributed by atoms with Crippen LogP contribution in [0.4, 0.5) is 0 Å². The molecule has 0 rings (SSSR count). The molecule has 0 aromatic heterocycles. The maximum atomic E-state index is 10.8. The van der Waals surface area contributed by atoms with Crippen LogP contribution in [-0.2, 0) is 9.53 Å². The predicted molar refractivity (Wildman–Crippen MR) is 136 cm³/mol. The number of aliphatic carboxylic acids is 1. The largest absolute Gasteiger partial charge is 0.479 e. The van der Waals surface area contributed by atoms with Gasteiger partial charge in [-0.2, -0.15) is 0 Å². The molecule has 0 fully saturated rings. The molecule has 0 unspecified atom stereocenters. The standard InChI is InChI=1S/C28H46O4/c1-22(2)11-10-13-23(3)14-15-25(5)16-19-28(6,7)18-9-8-12-24(4)17-20-32-26(21-29)27(30)31/h9,11,14,17-18,26,29H,5,8,10,12-13,15-16,19-21H2,1-4,6-7H3,(H,30,31)/b18-9+,23-14+,24-17-/t26-/m1/s1. The molecule has 32 heavy (non-hydrogen) atoms. The highest BCUT2D eigenvalue weighted by Gasteiger charge is 2.15. The van der Waals surface area contributed by atoms with Crippen molar-refractivity contribution in [3.63, 3.8) is 0 Å². The lowest BCUT2D eigenvalue weighted by molar-refractivity contribution is -0.152. The summed E-state index contributed by atoms with van der Waals surface area (Å²) in [6.07, 6.45) is 17.0. The topological polar surface area (TPSA) is 66.8 Å². The van der Waals surface area contributed by atoms with Gasteiger partial charge in [0, 0.05) is 0 Å². The first-order valence-corrected chi connectivity index (χ1v) is 11.7. The molecule has 0 bridgehead atoms. The van der Waals surface area contributed by atoms with Gasteiger partial charge in [0.1, 0.15) is 0 Å². The summed E-state index contributed by atoms with van der Waals surface area (Å²) in [5.41, 5.74) is 5.38. The van der Waals surface area contributed by atoms with Gasteiger partial charge in [-0.05, 0) is 78.1 Å². The van der Waals surface area contributed by atoms with E-state index in [2.05, 4.69) is 65.5 Å². The Labute approximate surface area is 196 Å². The minimum Gasteiger partial charge on any atom is -0.479 e. The molecule has 0 aromatic carbocycles. The molecule has 4 nitrogen and oxygen atoms in total. The van der Waals surface area contributed by atoms with Gasteiger partial charge in [0.2, 0.25) is 0 Å². The molecule has 2 N–H and O–H groups in total. The smallest absolute Gasteiger partial charge is 0.335 e. The summed E-state index contributed by atoms with van der Waals surface area (Å²) in [5, 5.41) is 17.8. The van der Waals surface area contributed by atoms with Gasteiger partial charge in [-0.1, -0.05) is 73.1 Å². The number of rotatable bonds is 17. The second-order valence-electron chi connectivity index (χ2n) is 9.65. The van der Waals surface area contributed by atoms with E-state index in [4.69, 9.17) is 14.9 Å². The molecule has 0 aliphatic rings. The Morgan fingerprint density at radius 3 is 2.22 bits per heavy atom. The lowest BCUT2D eigenvalue weighted by Gasteiger charge is -2.20. The zero-order valence-corrected chi connectivity index (χ0v) is 21.2. The summed E-state index contributed by atoms with van der Waals surface area (Å²) >= 11 is 0. The summed E-state index contributed by atoms with van der Waals surface area (Å²) < 4.78 is 5.14. The van der Waals surface area contributed by atoms with Gasteiger partial charge >= 0.3 is 5.97 Å². The fourth-order valence-electron chi connectivity index (χ4n) is 3.02. The lowest BCUT2D eigenvalue weighted by Crippen LogP contribution is -2.27. The van der Waals surface area contributed by atoms with Crippen molar-refractivity contribution in [2.45, 2.75) is 92.6 Å². The molecule has 1 atom stereocenters. The summed E-state index contributed by atoms with van der Waals surface area (Å²) in [5.74, 6) is -1.14. The van der Waals surface area contributed by atoms with E-state index in [1.807, 2.05) is 13.0 Å². The zero-order chi connectivity index (χ0) is 24.6. The van der Waals surface area contributed by atoms with Crippen LogP contribution in [0.1, 0.15) is 86.5 Å². The van der Waals surface area contributed by atoms with E-state index >= 15 is 0 Å². The molecular weight excluding hydrogens is 400 g/mol. The summed E-state index contributed by atoms with van der Waals surface area (Å²) in [6, 6.07) is 0. The Morgan fingerprint density at radius 1 is 1.00 bits per heavy atom. The SMILES string of the molecule is C=C(C/C=C(\C)CCC=C(C)C)CCC(C)(C)/C=C/CC/C(C)=C\CO[C@H](CO)C(=O)O. The molecule has 0 aromatic rings. The van der Waals surface area contributed by atoms with Crippen molar-refractivity contribution in [2.24, 2.45) is 5.41 Å². The van der Waals surface area contributed by atoms with Crippen LogP contribution in [0.3, 0.4) is 0 Å². The number of carbonyl (C=O) groups is 1. The first-order valence-electron chi connectivity index (χ1n) is 11.7. The average molecular weight is 447 g/mol. The van der Waals surface area contributed by atoms with Crippen molar-refractivity contribution in [1.29, 1.82) is 0 Å². The van der Waals surface area contributed by atoms with Crippen molar-refractivity contribution in [1.82, 2.24) is 0 Å². The molecular formula is C28H46O4. The van der Waals surface area contributed by atoms with E-state index in [1.165, 1.54) is 16.7 Å². The Hall–Kier alpha value is -1.91. The first-order chi connectivity index (χ1) is 15.0. The molecule has 0 aliphatic carbocycles. The van der Waals surface area contributed by atoms with Crippen molar-refractivity contribution in [2.75, 3.05) is 13.2 Å². The van der Waals surface area contributed by atoms with Gasteiger partial charge in [0.25, 0.3) is 0 Å². The molecule has 0 spiro atoms. The van der Waals surface area contributed by atoms with Crippen molar-refractivity contribution in [3.05, 3.63) is 59.3 Å². The third kappa shape index (κ3) is 16.7. The van der Waals surface area contributed by atoms with E-state index < -0.39 is 18.7 Å². The minimum absolute atomic E-state index is 0.127. The van der Waals surface area contributed by atoms with Crippen LogP contribution in [-0.4, -0.2) is 35.5 Å². The summed E-state index contributed by atoms with van der Waals surface area (Å²) in [6.45, 7) is 17.0. The molecule has 182 valence electrons. The van der Waals surface area contributed by atoms with E-state index in [0.29, 0.717) is 0 Å². The number of carboxylic acid groups (broad SMARTS) is 1. The number of aliphatic hydroxyl groups excluding tert-OH is 1. The second-order valence-corrected chi connectivity index (χ2v) is 9.65. The lowest BCUT2D eigenvalue weighted by atomic mass is 9.85. The van der Waals surface area contributed by atoms with Gasteiger partial charge in [-0.3, -0.25) is 0 Å². The summed E-state index contributed by atoms with van der Waals surface area (Å²) in [4.78, 5) is 10.8. The van der Waals surface area contributed by atoms with Crippen molar-refractivity contribution in [3.8, 4) is 0 Å². The van der Waals surface area contributed by atoms with E-state index in [0.717, 1.165) is 50.5 Å². The predicted octanol–water partition coefficient (Wildman–Crippen LogP) is 7.18. The third-order valence-corrected chi connectivity index (χ3v) is 5.40. The normalized spacial score (nSPS) is 14.0. The van der Waals surface area contributed by atoms with Gasteiger partial charge in [0.05, 0.1) is 13.2 Å². The molecule has 0 aliphatic heterocycles. The van der Waals surface area contributed by atoms with Gasteiger partial charge < -0.3 is 14.9 Å². The second kappa shape index (κ2) is 16.7. The fourth-order valence-corrected chi connectivity index (χ4v) is 3.02. The number of ether oxygens (including phenoxy) is 1. The van der Waals surface area contributed by atoms with Crippen LogP contribution in [0.15, 0.2) is 59.3 Å². The van der Waals surface area contributed by atoms with Crippen LogP contribution in [0.25, 0.3) is 0 Å². The van der Waals surface area contributed by atoms with Gasteiger partial charge in [-0.25, -0.2) is 4.79 Å².